The van der Waals surface area contributed by atoms with E-state index in [0.717, 1.165) is 32.1 Å². The van der Waals surface area contributed by atoms with Gasteiger partial charge in [-0.25, -0.2) is 0 Å². The monoisotopic (exact) mass is 235 g/mol. The molecular formula is C12H17N3O2. The summed E-state index contributed by atoms with van der Waals surface area (Å²) in [6, 6.07) is 0. The molecule has 0 saturated carbocycles. The normalized spacial score (nSPS) is 27.9. The molecule has 2 fully saturated rings. The molecule has 1 aromatic heterocycles. The van der Waals surface area contributed by atoms with Gasteiger partial charge >= 0.3 is 0 Å². The molecule has 92 valence electrons. The van der Waals surface area contributed by atoms with E-state index in [-0.39, 0.29) is 0 Å². The first-order valence-corrected chi connectivity index (χ1v) is 6.00. The van der Waals surface area contributed by atoms with E-state index in [9.17, 15) is 0 Å². The molecule has 2 saturated heterocycles. The Bertz CT molecular complexity index is 404. The van der Waals surface area contributed by atoms with Gasteiger partial charge in [0, 0.05) is 25.1 Å². The van der Waals surface area contributed by atoms with Gasteiger partial charge in [-0.3, -0.25) is 4.98 Å². The number of rotatable bonds is 2. The summed E-state index contributed by atoms with van der Waals surface area (Å²) in [6.45, 7) is 3.85. The number of methoxy groups -OCH3 is 1. The summed E-state index contributed by atoms with van der Waals surface area (Å²) >= 11 is 0. The Hall–Kier alpha value is -1.36. The van der Waals surface area contributed by atoms with Gasteiger partial charge in [-0.2, -0.15) is 4.98 Å². The Labute approximate surface area is 101 Å². The average Bonchev–Trinajstić information content (AvgIpc) is 3.01. The van der Waals surface area contributed by atoms with Crippen molar-refractivity contribution in [2.75, 3.05) is 38.3 Å². The summed E-state index contributed by atoms with van der Waals surface area (Å²) in [7, 11) is 1.62. The second kappa shape index (κ2) is 4.14. The maximum Gasteiger partial charge on any atom is 0.233 e. The zero-order chi connectivity index (χ0) is 11.7. The lowest BCUT2D eigenvalue weighted by Gasteiger charge is -2.22. The molecule has 0 unspecified atom stereocenters. The maximum atomic E-state index is 5.52. The van der Waals surface area contributed by atoms with E-state index in [4.69, 9.17) is 9.47 Å². The summed E-state index contributed by atoms with van der Waals surface area (Å²) < 4.78 is 10.6. The fourth-order valence-corrected chi connectivity index (χ4v) is 2.69. The predicted octanol–water partition coefficient (Wildman–Crippen LogP) is 1.10. The zero-order valence-corrected chi connectivity index (χ0v) is 10.1. The summed E-state index contributed by atoms with van der Waals surface area (Å²) in [5, 5.41) is 0. The van der Waals surface area contributed by atoms with Gasteiger partial charge in [-0.1, -0.05) is 0 Å². The van der Waals surface area contributed by atoms with Crippen LogP contribution in [-0.2, 0) is 4.74 Å². The van der Waals surface area contributed by atoms with Crippen molar-refractivity contribution in [3.05, 3.63) is 12.4 Å². The van der Waals surface area contributed by atoms with Crippen molar-refractivity contribution in [2.24, 2.45) is 5.41 Å². The van der Waals surface area contributed by atoms with Crippen LogP contribution in [0, 0.1) is 5.41 Å². The van der Waals surface area contributed by atoms with Gasteiger partial charge in [0.15, 0.2) is 5.82 Å². The third kappa shape index (κ3) is 1.95. The second-order valence-corrected chi connectivity index (χ2v) is 4.89. The molecule has 0 aromatic carbocycles. The Morgan fingerprint density at radius 1 is 1.41 bits per heavy atom. The van der Waals surface area contributed by atoms with Crippen LogP contribution < -0.4 is 9.64 Å². The molecule has 2 aliphatic rings. The highest BCUT2D eigenvalue weighted by molar-refractivity contribution is 5.39. The molecule has 2 aliphatic heterocycles. The molecule has 0 aliphatic carbocycles. The number of hydrogen-bond donors (Lipinski definition) is 0. The van der Waals surface area contributed by atoms with E-state index in [0.29, 0.717) is 11.3 Å². The van der Waals surface area contributed by atoms with Gasteiger partial charge in [0.2, 0.25) is 5.88 Å². The lowest BCUT2D eigenvalue weighted by atomic mass is 9.87. The van der Waals surface area contributed by atoms with Crippen LogP contribution in [0.25, 0.3) is 0 Å². The summed E-state index contributed by atoms with van der Waals surface area (Å²) in [5.41, 5.74) is 0.352. The van der Waals surface area contributed by atoms with E-state index in [1.807, 2.05) is 0 Å². The number of aromatic nitrogens is 2. The van der Waals surface area contributed by atoms with Crippen molar-refractivity contribution in [3.63, 3.8) is 0 Å². The maximum absolute atomic E-state index is 5.52. The first-order chi connectivity index (χ1) is 8.31. The van der Waals surface area contributed by atoms with Crippen molar-refractivity contribution < 1.29 is 9.47 Å². The zero-order valence-electron chi connectivity index (χ0n) is 10.1. The highest BCUT2D eigenvalue weighted by Gasteiger charge is 2.41. The van der Waals surface area contributed by atoms with E-state index in [2.05, 4.69) is 14.9 Å². The average molecular weight is 235 g/mol. The summed E-state index contributed by atoms with van der Waals surface area (Å²) in [5.74, 6) is 1.49. The fourth-order valence-electron chi connectivity index (χ4n) is 2.69. The van der Waals surface area contributed by atoms with Crippen molar-refractivity contribution >= 4 is 5.82 Å². The Kier molecular flexibility index (Phi) is 2.63. The highest BCUT2D eigenvalue weighted by atomic mass is 16.5. The SMILES string of the molecule is COc1cncc(N2CC[C@]3(CCOC3)C2)n1. The van der Waals surface area contributed by atoms with Gasteiger partial charge in [0.25, 0.3) is 0 Å². The molecule has 1 spiro atoms. The fraction of sp³-hybridized carbons (Fsp3) is 0.667. The topological polar surface area (TPSA) is 47.5 Å². The largest absolute Gasteiger partial charge is 0.480 e. The molecule has 0 bridgehead atoms. The standard InChI is InChI=1S/C12H17N3O2/c1-16-11-7-13-6-10(14-11)15-4-2-12(8-15)3-5-17-9-12/h6-7H,2-5,8-9H2,1H3/t12-/m0/s1. The van der Waals surface area contributed by atoms with Gasteiger partial charge in [-0.15, -0.1) is 0 Å². The van der Waals surface area contributed by atoms with Crippen LogP contribution in [0.3, 0.4) is 0 Å². The van der Waals surface area contributed by atoms with Crippen LogP contribution in [0.1, 0.15) is 12.8 Å². The van der Waals surface area contributed by atoms with Crippen LogP contribution in [0.5, 0.6) is 5.88 Å². The van der Waals surface area contributed by atoms with Crippen LogP contribution in [-0.4, -0.2) is 43.4 Å². The molecule has 1 aromatic rings. The number of hydrogen-bond acceptors (Lipinski definition) is 5. The number of nitrogens with zero attached hydrogens (tertiary/aromatic N) is 3. The smallest absolute Gasteiger partial charge is 0.233 e. The van der Waals surface area contributed by atoms with E-state index in [1.165, 1.54) is 12.8 Å². The Morgan fingerprint density at radius 2 is 2.35 bits per heavy atom. The van der Waals surface area contributed by atoms with Crippen LogP contribution in [0.15, 0.2) is 12.4 Å². The van der Waals surface area contributed by atoms with E-state index in [1.54, 1.807) is 19.5 Å². The molecule has 0 N–H and O–H groups in total. The van der Waals surface area contributed by atoms with Crippen LogP contribution in [0.4, 0.5) is 5.82 Å². The Balaban J connectivity index is 1.77. The van der Waals surface area contributed by atoms with Crippen molar-refractivity contribution in [1.29, 1.82) is 0 Å². The number of anilines is 1. The van der Waals surface area contributed by atoms with Crippen molar-refractivity contribution in [2.45, 2.75) is 12.8 Å². The summed E-state index contributed by atoms with van der Waals surface area (Å²) in [6.07, 6.45) is 5.79. The quantitative estimate of drug-likeness (QED) is 0.768. The first kappa shape index (κ1) is 10.8. The predicted molar refractivity (Wildman–Crippen MR) is 63.3 cm³/mol. The molecule has 1 atom stereocenters. The third-order valence-electron chi connectivity index (χ3n) is 3.76. The molecule has 0 amide bonds. The van der Waals surface area contributed by atoms with Gasteiger partial charge in [-0.05, 0) is 12.8 Å². The number of ether oxygens (including phenoxy) is 2. The third-order valence-corrected chi connectivity index (χ3v) is 3.76. The molecule has 5 heteroatoms. The van der Waals surface area contributed by atoms with Gasteiger partial charge in [0.1, 0.15) is 0 Å². The molecule has 3 rings (SSSR count). The van der Waals surface area contributed by atoms with Gasteiger partial charge in [0.05, 0.1) is 26.1 Å². The minimum absolute atomic E-state index is 0.352. The van der Waals surface area contributed by atoms with Crippen LogP contribution >= 0.6 is 0 Å². The Morgan fingerprint density at radius 3 is 3.12 bits per heavy atom. The van der Waals surface area contributed by atoms with Crippen LogP contribution in [0.2, 0.25) is 0 Å². The second-order valence-electron chi connectivity index (χ2n) is 4.89. The van der Waals surface area contributed by atoms with Crippen molar-refractivity contribution in [1.82, 2.24) is 9.97 Å². The molecular weight excluding hydrogens is 218 g/mol. The lowest BCUT2D eigenvalue weighted by Crippen LogP contribution is -2.28. The minimum atomic E-state index is 0.352. The summed E-state index contributed by atoms with van der Waals surface area (Å²) in [4.78, 5) is 10.9. The first-order valence-electron chi connectivity index (χ1n) is 6.00. The highest BCUT2D eigenvalue weighted by Crippen LogP contribution is 2.39. The molecule has 0 radical (unpaired) electrons. The molecule has 5 nitrogen and oxygen atoms in total. The van der Waals surface area contributed by atoms with E-state index >= 15 is 0 Å². The molecule has 3 heterocycles. The minimum Gasteiger partial charge on any atom is -0.480 e. The van der Waals surface area contributed by atoms with Gasteiger partial charge < -0.3 is 14.4 Å². The molecule has 17 heavy (non-hydrogen) atoms. The van der Waals surface area contributed by atoms with E-state index < -0.39 is 0 Å². The van der Waals surface area contributed by atoms with Crippen molar-refractivity contribution in [3.8, 4) is 5.88 Å². The lowest BCUT2D eigenvalue weighted by molar-refractivity contribution is 0.160.